The molecule has 4 heteroatoms. The second-order valence-corrected chi connectivity index (χ2v) is 5.77. The summed E-state index contributed by atoms with van der Waals surface area (Å²) in [5.74, 6) is 0. The Balaban J connectivity index is 2.79. The zero-order valence-corrected chi connectivity index (χ0v) is 10.7. The van der Waals surface area contributed by atoms with Crippen LogP contribution in [0.5, 0.6) is 0 Å². The van der Waals surface area contributed by atoms with Crippen molar-refractivity contribution in [2.45, 2.75) is 13.8 Å². The fraction of sp³-hybridized carbons (Fsp3) is 0.333. The molecular formula is C9H10IN2S-. The monoisotopic (exact) mass is 305 g/mol. The summed E-state index contributed by atoms with van der Waals surface area (Å²) in [6.45, 7) is 4.20. The fourth-order valence-corrected chi connectivity index (χ4v) is 3.56. The van der Waals surface area contributed by atoms with Gasteiger partial charge in [-0.05, 0) is 0 Å². The average Bonchev–Trinajstić information content (AvgIpc) is 2.48. The molecule has 0 aromatic carbocycles. The quantitative estimate of drug-likeness (QED) is 0.391. The van der Waals surface area contributed by atoms with Crippen LogP contribution in [-0.4, -0.2) is 14.9 Å². The van der Waals surface area contributed by atoms with Crippen LogP contribution in [0.1, 0.15) is 11.3 Å². The molecule has 0 spiro atoms. The van der Waals surface area contributed by atoms with Gasteiger partial charge in [-0.25, -0.2) is 0 Å². The van der Waals surface area contributed by atoms with Crippen molar-refractivity contribution in [3.63, 3.8) is 0 Å². The van der Waals surface area contributed by atoms with Gasteiger partial charge in [-0.2, -0.15) is 0 Å². The Morgan fingerprint density at radius 3 is 2.77 bits per heavy atom. The van der Waals surface area contributed by atoms with Gasteiger partial charge >= 0.3 is 92.0 Å². The van der Waals surface area contributed by atoms with Crippen LogP contribution in [0.4, 0.5) is 0 Å². The number of hydrogen-bond acceptors (Lipinski definition) is 3. The first-order chi connectivity index (χ1) is 6.22. The number of thiophene rings is 1. The normalized spacial score (nSPS) is 11.3. The number of hydrogen-bond donors (Lipinski definition) is 0. The van der Waals surface area contributed by atoms with E-state index in [-0.39, 0.29) is 21.2 Å². The molecule has 2 nitrogen and oxygen atoms in total. The molecule has 70 valence electrons. The van der Waals surface area contributed by atoms with Crippen molar-refractivity contribution in [1.29, 1.82) is 0 Å². The van der Waals surface area contributed by atoms with E-state index in [9.17, 15) is 0 Å². The van der Waals surface area contributed by atoms with Gasteiger partial charge in [-0.1, -0.05) is 0 Å². The number of aromatic nitrogens is 2. The van der Waals surface area contributed by atoms with E-state index >= 15 is 0 Å². The van der Waals surface area contributed by atoms with Crippen molar-refractivity contribution < 1.29 is 21.2 Å². The molecule has 0 radical (unpaired) electrons. The summed E-state index contributed by atoms with van der Waals surface area (Å²) >= 11 is 1.74. The zero-order chi connectivity index (χ0) is 9.42. The molecule has 2 aromatic rings. The minimum atomic E-state index is 0.0114. The molecule has 0 unspecified atom stereocenters. The molecule has 0 fully saturated rings. The van der Waals surface area contributed by atoms with Crippen molar-refractivity contribution in [3.05, 3.63) is 20.5 Å². The maximum absolute atomic E-state index is 4.53. The number of fused-ring (bicyclic) bond motifs is 1. The molecule has 2 rings (SSSR count). The Labute approximate surface area is 91.7 Å². The average molecular weight is 305 g/mol. The molecule has 2 aromatic heterocycles. The summed E-state index contributed by atoms with van der Waals surface area (Å²) in [7, 11) is 0. The Hall–Kier alpha value is -0.230. The SMILES string of the molecule is C[I-]c1nc(C)c2c(C)csc2n1. The van der Waals surface area contributed by atoms with Crippen molar-refractivity contribution in [2.75, 3.05) is 4.93 Å². The molecule has 2 heterocycles. The minimum absolute atomic E-state index is 0.0114. The summed E-state index contributed by atoms with van der Waals surface area (Å²) in [5.41, 5.74) is 2.44. The summed E-state index contributed by atoms with van der Waals surface area (Å²) < 4.78 is 1.06. The molecule has 0 saturated carbocycles. The van der Waals surface area contributed by atoms with Crippen molar-refractivity contribution in [2.24, 2.45) is 0 Å². The molecular weight excluding hydrogens is 295 g/mol. The van der Waals surface area contributed by atoms with Gasteiger partial charge < -0.3 is 0 Å². The Morgan fingerprint density at radius 1 is 1.31 bits per heavy atom. The van der Waals surface area contributed by atoms with Crippen LogP contribution in [0.3, 0.4) is 0 Å². The third-order valence-electron chi connectivity index (χ3n) is 1.94. The number of nitrogens with zero attached hydrogens (tertiary/aromatic N) is 2. The van der Waals surface area contributed by atoms with E-state index in [4.69, 9.17) is 0 Å². The van der Waals surface area contributed by atoms with E-state index in [1.54, 1.807) is 11.3 Å². The molecule has 0 N–H and O–H groups in total. The topological polar surface area (TPSA) is 25.8 Å². The summed E-state index contributed by atoms with van der Waals surface area (Å²) in [5, 5.41) is 3.41. The third kappa shape index (κ3) is 1.57. The van der Waals surface area contributed by atoms with E-state index in [0.717, 1.165) is 14.4 Å². The number of alkyl halides is 1. The molecule has 0 saturated heterocycles. The van der Waals surface area contributed by atoms with Gasteiger partial charge in [0, 0.05) is 0 Å². The van der Waals surface area contributed by atoms with Crippen LogP contribution < -0.4 is 21.2 Å². The van der Waals surface area contributed by atoms with Crippen LogP contribution in [-0.2, 0) is 0 Å². The first-order valence-corrected chi connectivity index (χ1v) is 8.06. The Kier molecular flexibility index (Phi) is 2.51. The second-order valence-electron chi connectivity index (χ2n) is 2.87. The van der Waals surface area contributed by atoms with Crippen molar-refractivity contribution >= 4 is 21.6 Å². The molecule has 0 atom stereocenters. The Bertz CT molecular complexity index is 450. The van der Waals surface area contributed by atoms with E-state index in [0.29, 0.717) is 0 Å². The van der Waals surface area contributed by atoms with Gasteiger partial charge in [0.25, 0.3) is 0 Å². The summed E-state index contributed by atoms with van der Waals surface area (Å²) in [4.78, 5) is 12.4. The first-order valence-electron chi connectivity index (χ1n) is 3.94. The van der Waals surface area contributed by atoms with Gasteiger partial charge in [0.2, 0.25) is 0 Å². The fourth-order valence-electron chi connectivity index (χ4n) is 1.34. The summed E-state index contributed by atoms with van der Waals surface area (Å²) in [6.07, 6.45) is 0. The zero-order valence-electron chi connectivity index (χ0n) is 7.76. The van der Waals surface area contributed by atoms with E-state index in [1.165, 1.54) is 10.9 Å². The van der Waals surface area contributed by atoms with E-state index in [1.807, 2.05) is 0 Å². The summed E-state index contributed by atoms with van der Waals surface area (Å²) in [6, 6.07) is 0. The molecule has 0 aliphatic carbocycles. The number of halogens is 1. The van der Waals surface area contributed by atoms with Gasteiger partial charge in [-0.3, -0.25) is 0 Å². The number of rotatable bonds is 1. The molecule has 0 aliphatic rings. The molecule has 0 amide bonds. The van der Waals surface area contributed by atoms with Crippen LogP contribution in [0.25, 0.3) is 10.2 Å². The van der Waals surface area contributed by atoms with E-state index in [2.05, 4.69) is 34.1 Å². The predicted molar refractivity (Wildman–Crippen MR) is 51.5 cm³/mol. The van der Waals surface area contributed by atoms with Gasteiger partial charge in [-0.15, -0.1) is 0 Å². The van der Waals surface area contributed by atoms with Crippen LogP contribution in [0.2, 0.25) is 0 Å². The molecule has 0 bridgehead atoms. The van der Waals surface area contributed by atoms with Crippen molar-refractivity contribution in [3.8, 4) is 0 Å². The van der Waals surface area contributed by atoms with Crippen LogP contribution in [0.15, 0.2) is 5.38 Å². The van der Waals surface area contributed by atoms with Gasteiger partial charge in [0.1, 0.15) is 0 Å². The van der Waals surface area contributed by atoms with E-state index < -0.39 is 0 Å². The van der Waals surface area contributed by atoms with Crippen LogP contribution in [0, 0.1) is 17.7 Å². The number of aryl methyl sites for hydroxylation is 2. The molecule has 0 aliphatic heterocycles. The first kappa shape index (κ1) is 9.33. The standard InChI is InChI=1S/C9H10IN2S/c1-5-4-13-8-7(5)6(2)11-9(10-3)12-8/h4H,1-3H3/q-1. The van der Waals surface area contributed by atoms with Gasteiger partial charge in [0.05, 0.1) is 0 Å². The van der Waals surface area contributed by atoms with Crippen molar-refractivity contribution in [1.82, 2.24) is 9.97 Å². The predicted octanol–water partition coefficient (Wildman–Crippen LogP) is -0.803. The molecule has 13 heavy (non-hydrogen) atoms. The third-order valence-corrected chi connectivity index (χ3v) is 4.38. The second kappa shape index (κ2) is 3.49. The Morgan fingerprint density at radius 2 is 2.08 bits per heavy atom. The van der Waals surface area contributed by atoms with Crippen LogP contribution >= 0.6 is 11.3 Å². The van der Waals surface area contributed by atoms with Gasteiger partial charge in [0.15, 0.2) is 0 Å². The maximum atomic E-state index is 4.53.